The van der Waals surface area contributed by atoms with Crippen LogP contribution in [0.2, 0.25) is 0 Å². The second kappa shape index (κ2) is 3.74. The summed E-state index contributed by atoms with van der Waals surface area (Å²) in [5, 5.41) is 8.49. The zero-order valence-corrected chi connectivity index (χ0v) is 8.74. The number of nitrogens with zero attached hydrogens (tertiary/aromatic N) is 1. The molecule has 1 aromatic rings. The van der Waals surface area contributed by atoms with Gasteiger partial charge in [-0.05, 0) is 0 Å². The number of rotatable bonds is 3. The van der Waals surface area contributed by atoms with Gasteiger partial charge in [0.1, 0.15) is 0 Å². The van der Waals surface area contributed by atoms with E-state index in [1.54, 1.807) is 6.20 Å². The second-order valence-corrected chi connectivity index (χ2v) is 3.57. The molecule has 66 valence electrons. The Labute approximate surface area is 77.9 Å². The van der Waals surface area contributed by atoms with Crippen molar-refractivity contribution in [2.75, 3.05) is 0 Å². The van der Waals surface area contributed by atoms with Crippen molar-refractivity contribution in [3.8, 4) is 0 Å². The Balaban J connectivity index is 2.58. The molecule has 0 bridgehead atoms. The van der Waals surface area contributed by atoms with Crippen LogP contribution in [-0.4, -0.2) is 43.9 Å². The molecule has 0 aromatic carbocycles. The summed E-state index contributed by atoms with van der Waals surface area (Å²) in [5.74, 6) is -0.999. The molecule has 1 unspecified atom stereocenters. The van der Waals surface area contributed by atoms with E-state index in [-0.39, 0.29) is 6.42 Å². The van der Waals surface area contributed by atoms with Gasteiger partial charge < -0.3 is 0 Å². The number of carboxylic acid groups (broad SMARTS) is 1. The van der Waals surface area contributed by atoms with E-state index in [2.05, 4.69) is 9.97 Å². The van der Waals surface area contributed by atoms with E-state index in [1.165, 1.54) is 16.9 Å². The number of aliphatic carboxylic acids is 1. The van der Waals surface area contributed by atoms with Gasteiger partial charge in [0.2, 0.25) is 0 Å². The number of aromatic amines is 1. The van der Waals surface area contributed by atoms with Crippen molar-refractivity contribution >= 4 is 27.4 Å². The average molecular weight is 231 g/mol. The summed E-state index contributed by atoms with van der Waals surface area (Å²) in [7, 11) is 0. The molecule has 1 heterocycles. The fourth-order valence-corrected chi connectivity index (χ4v) is 1.32. The molecule has 4 N–H and O–H groups in total. The molecule has 12 heavy (non-hydrogen) atoms. The Morgan fingerprint density at radius 2 is 2.58 bits per heavy atom. The zero-order chi connectivity index (χ0) is 9.14. The molecule has 0 aliphatic heterocycles. The monoisotopic (exact) mass is 231 g/mol. The Morgan fingerprint density at radius 1 is 1.92 bits per heavy atom. The molecule has 0 amide bonds. The maximum atomic E-state index is 10.4. The molecule has 5 nitrogen and oxygen atoms in total. The third kappa shape index (κ3) is 2.36. The molecule has 2 atom stereocenters. The quantitative estimate of drug-likeness (QED) is 0.506. The molecule has 1 aromatic heterocycles. The Hall–Kier alpha value is -0.802. The first kappa shape index (κ1) is 9.29. The second-order valence-electron chi connectivity index (χ2n) is 2.43. The molecule has 1 rings (SSSR count). The van der Waals surface area contributed by atoms with Gasteiger partial charge in [-0.15, -0.1) is 0 Å². The molecule has 0 saturated carbocycles. The van der Waals surface area contributed by atoms with E-state index < -0.39 is 12.0 Å². The van der Waals surface area contributed by atoms with Crippen molar-refractivity contribution in [2.45, 2.75) is 12.5 Å². The van der Waals surface area contributed by atoms with Gasteiger partial charge in [-0.25, -0.2) is 0 Å². The first-order valence-electron chi connectivity index (χ1n) is 3.37. The Morgan fingerprint density at radius 3 is 3.00 bits per heavy atom. The van der Waals surface area contributed by atoms with Crippen molar-refractivity contribution in [1.82, 2.24) is 9.97 Å². The predicted molar refractivity (Wildman–Crippen MR) is 46.1 cm³/mol. The van der Waals surface area contributed by atoms with Crippen molar-refractivity contribution < 1.29 is 9.90 Å². The molecule has 0 radical (unpaired) electrons. The van der Waals surface area contributed by atoms with Crippen LogP contribution < -0.4 is 10.3 Å². The molecule has 0 spiro atoms. The molecule has 0 aliphatic carbocycles. The SMILES string of the molecule is N[C@@H](Cc1c[nH]c([AsH2])n1)C(=O)O. The summed E-state index contributed by atoms with van der Waals surface area (Å²) in [4.78, 5) is 17.3. The molecule has 6 heteroatoms. The van der Waals surface area contributed by atoms with Crippen molar-refractivity contribution in [3.63, 3.8) is 0 Å². The number of carboxylic acids is 1. The number of nitrogens with one attached hydrogen (secondary N) is 1. The van der Waals surface area contributed by atoms with E-state index >= 15 is 0 Å². The first-order valence-corrected chi connectivity index (χ1v) is 4.59. The van der Waals surface area contributed by atoms with Gasteiger partial charge in [0.25, 0.3) is 0 Å². The van der Waals surface area contributed by atoms with Crippen LogP contribution in [0.15, 0.2) is 6.20 Å². The predicted octanol–water partition coefficient (Wildman–Crippen LogP) is -2.38. The van der Waals surface area contributed by atoms with Crippen LogP contribution in [0.5, 0.6) is 0 Å². The van der Waals surface area contributed by atoms with Gasteiger partial charge in [0.05, 0.1) is 0 Å². The van der Waals surface area contributed by atoms with Crippen LogP contribution >= 0.6 is 0 Å². The van der Waals surface area contributed by atoms with Crippen LogP contribution in [0, 0.1) is 0 Å². The van der Waals surface area contributed by atoms with E-state index in [0.29, 0.717) is 5.69 Å². The summed E-state index contributed by atoms with van der Waals surface area (Å²) < 4.78 is 0.829. The number of imidazole rings is 1. The van der Waals surface area contributed by atoms with Gasteiger partial charge in [-0.1, -0.05) is 0 Å². The number of H-pyrrole nitrogens is 1. The first-order chi connectivity index (χ1) is 5.59. The van der Waals surface area contributed by atoms with E-state index in [9.17, 15) is 4.79 Å². The molecule has 0 fully saturated rings. The van der Waals surface area contributed by atoms with Gasteiger partial charge in [0.15, 0.2) is 0 Å². The van der Waals surface area contributed by atoms with Crippen LogP contribution in [-0.2, 0) is 11.2 Å². The molecule has 0 saturated heterocycles. The minimum atomic E-state index is -0.999. The number of aromatic nitrogens is 2. The standard InChI is InChI=1S/C6H10AsN3O2/c7-6-9-2-3(10-6)1-4(8)5(11)12/h2,4H,1,7-8H2,(H,9,10)(H,11,12)/t4-/m0/s1. The Bertz CT molecular complexity index is 286. The number of carbonyl (C=O) groups is 1. The molecular formula is C6H10AsN3O2. The maximum absolute atomic E-state index is 10.4. The summed E-state index contributed by atoms with van der Waals surface area (Å²) in [6.45, 7) is 0. The van der Waals surface area contributed by atoms with E-state index in [4.69, 9.17) is 10.8 Å². The summed E-state index contributed by atoms with van der Waals surface area (Å²) in [6, 6.07) is -0.861. The summed E-state index contributed by atoms with van der Waals surface area (Å²) in [6.07, 6.45) is 1.95. The number of hydrogen-bond acceptors (Lipinski definition) is 3. The van der Waals surface area contributed by atoms with Crippen molar-refractivity contribution in [2.24, 2.45) is 5.73 Å². The van der Waals surface area contributed by atoms with Gasteiger partial charge in [-0.3, -0.25) is 0 Å². The van der Waals surface area contributed by atoms with E-state index in [0.717, 1.165) is 4.61 Å². The molecular weight excluding hydrogens is 221 g/mol. The van der Waals surface area contributed by atoms with Gasteiger partial charge in [-0.2, -0.15) is 0 Å². The van der Waals surface area contributed by atoms with Crippen LogP contribution in [0.25, 0.3) is 0 Å². The minimum absolute atomic E-state index is 0.274. The van der Waals surface area contributed by atoms with Gasteiger partial charge >= 0.3 is 77.4 Å². The fourth-order valence-electron chi connectivity index (χ4n) is 0.794. The van der Waals surface area contributed by atoms with Crippen molar-refractivity contribution in [3.05, 3.63) is 11.9 Å². The number of hydrogen-bond donors (Lipinski definition) is 3. The van der Waals surface area contributed by atoms with Crippen LogP contribution in [0.4, 0.5) is 0 Å². The zero-order valence-electron chi connectivity index (χ0n) is 6.32. The van der Waals surface area contributed by atoms with Gasteiger partial charge in [0, 0.05) is 0 Å². The third-order valence-corrected chi connectivity index (χ3v) is 2.02. The summed E-state index contributed by atoms with van der Waals surface area (Å²) >= 11 is 1.37. The van der Waals surface area contributed by atoms with Crippen LogP contribution in [0.3, 0.4) is 0 Å². The molecule has 0 aliphatic rings. The van der Waals surface area contributed by atoms with E-state index in [1.807, 2.05) is 0 Å². The summed E-state index contributed by atoms with van der Waals surface area (Å²) in [5.41, 5.74) is 6.01. The average Bonchev–Trinajstić information content (AvgIpc) is 2.35. The normalized spacial score (nSPS) is 12.8. The number of nitrogens with two attached hydrogens (primary N) is 1. The van der Waals surface area contributed by atoms with Crippen molar-refractivity contribution in [1.29, 1.82) is 0 Å². The third-order valence-electron chi connectivity index (χ3n) is 1.40. The fraction of sp³-hybridized carbons (Fsp3) is 0.333. The Kier molecular flexibility index (Phi) is 2.89. The topological polar surface area (TPSA) is 92.0 Å². The van der Waals surface area contributed by atoms with Crippen LogP contribution in [0.1, 0.15) is 5.69 Å².